The lowest BCUT2D eigenvalue weighted by Crippen LogP contribution is -2.55. The van der Waals surface area contributed by atoms with Crippen LogP contribution in [0.1, 0.15) is 99.6 Å². The Balaban J connectivity index is 1.37. The smallest absolute Gasteiger partial charge is 0.296 e. The van der Waals surface area contributed by atoms with Crippen LogP contribution in [0.15, 0.2) is 28.8 Å². The Morgan fingerprint density at radius 3 is 2.42 bits per heavy atom. The minimum atomic E-state index is -3.73. The van der Waals surface area contributed by atoms with Crippen LogP contribution in [-0.2, 0) is 32.6 Å². The molecule has 1 aromatic heterocycles. The van der Waals surface area contributed by atoms with Gasteiger partial charge in [-0.25, -0.2) is 13.1 Å². The first-order chi connectivity index (χ1) is 24.0. The van der Waals surface area contributed by atoms with E-state index in [2.05, 4.69) is 30.8 Å². The Kier molecular flexibility index (Phi) is 13.8. The number of sulfonamides is 1. The molecule has 2 aromatic rings. The van der Waals surface area contributed by atoms with Gasteiger partial charge in [-0.3, -0.25) is 14.4 Å². The van der Waals surface area contributed by atoms with E-state index in [1.165, 1.54) is 4.90 Å². The molecule has 4 atom stereocenters. The van der Waals surface area contributed by atoms with Gasteiger partial charge in [-0.15, -0.1) is 0 Å². The summed E-state index contributed by atoms with van der Waals surface area (Å²) in [6.45, 7) is 4.33. The second kappa shape index (κ2) is 18.0. The molecule has 2 amide bonds. The van der Waals surface area contributed by atoms with Crippen molar-refractivity contribution in [1.29, 1.82) is 0 Å². The topological polar surface area (TPSA) is 176 Å². The molecule has 276 valence electrons. The standard InChI is InChI=1S/C35H52ClN7O6S/c1-3-31-40-34(49-41-31)32(44)29(19-24-7-5-4-6-8-24)39-33(45)30-20-27(38-21-25-9-12-26(36)13-10-25)22-43(30)35(46)28(42-50(2,47)48)14-11-23-15-17-37-18-16-23/h9-10,12-13,23-24,27-30,37-38,42H,3-8,11,14-22H2,1-2H3,(H,39,45)/t27?,28-,29+,30+/m1/s1. The van der Waals surface area contributed by atoms with Gasteiger partial charge in [0.1, 0.15) is 12.1 Å². The van der Waals surface area contributed by atoms with Crippen molar-refractivity contribution in [1.82, 2.24) is 35.7 Å². The third kappa shape index (κ3) is 11.0. The van der Waals surface area contributed by atoms with Crippen molar-refractivity contribution < 1.29 is 27.3 Å². The summed E-state index contributed by atoms with van der Waals surface area (Å²) in [7, 11) is -3.73. The zero-order valence-electron chi connectivity index (χ0n) is 29.2. The second-order valence-electron chi connectivity index (χ2n) is 14.2. The van der Waals surface area contributed by atoms with Gasteiger partial charge in [0.15, 0.2) is 5.82 Å². The summed E-state index contributed by atoms with van der Waals surface area (Å²) in [6.07, 6.45) is 10.4. The van der Waals surface area contributed by atoms with Crippen molar-refractivity contribution in [3.8, 4) is 0 Å². The van der Waals surface area contributed by atoms with Crippen molar-refractivity contribution in [3.05, 3.63) is 46.6 Å². The Morgan fingerprint density at radius 1 is 1.04 bits per heavy atom. The highest BCUT2D eigenvalue weighted by molar-refractivity contribution is 7.88. The van der Waals surface area contributed by atoms with Crippen LogP contribution in [0.3, 0.4) is 0 Å². The minimum Gasteiger partial charge on any atom is -0.344 e. The minimum absolute atomic E-state index is 0.139. The third-order valence-electron chi connectivity index (χ3n) is 10.3. The Hall–Kier alpha value is -2.91. The van der Waals surface area contributed by atoms with Crippen LogP contribution in [0.5, 0.6) is 0 Å². The van der Waals surface area contributed by atoms with Crippen molar-refractivity contribution >= 4 is 39.2 Å². The Bertz CT molecular complexity index is 1540. The second-order valence-corrected chi connectivity index (χ2v) is 16.4. The quantitative estimate of drug-likeness (QED) is 0.187. The summed E-state index contributed by atoms with van der Waals surface area (Å²) in [5.41, 5.74) is 0.989. The maximum Gasteiger partial charge on any atom is 0.296 e. The number of Topliss-reactive ketones (excluding diaryl/α,β-unsaturated/α-hetero) is 1. The number of rotatable bonds is 16. The fraction of sp³-hybridized carbons (Fsp3) is 0.686. The first kappa shape index (κ1) is 38.3. The molecule has 0 bridgehead atoms. The molecule has 4 N–H and O–H groups in total. The number of likely N-dealkylation sites (tertiary alicyclic amines) is 1. The molecule has 0 spiro atoms. The number of piperidine rings is 1. The molecule has 3 aliphatic rings. The average molecular weight is 734 g/mol. The number of nitrogens with one attached hydrogen (secondary N) is 4. The number of ketones is 1. The number of aromatic nitrogens is 2. The number of halogens is 1. The molecule has 5 rings (SSSR count). The third-order valence-corrected chi connectivity index (χ3v) is 11.3. The van der Waals surface area contributed by atoms with Gasteiger partial charge in [0.2, 0.25) is 27.6 Å². The molecule has 3 heterocycles. The van der Waals surface area contributed by atoms with Crippen LogP contribution in [0.4, 0.5) is 0 Å². The summed E-state index contributed by atoms with van der Waals surface area (Å²) >= 11 is 6.07. The molecule has 3 fully saturated rings. The number of carbonyl (C=O) groups is 3. The van der Waals surface area contributed by atoms with Crippen LogP contribution in [0.2, 0.25) is 5.02 Å². The SMILES string of the molecule is CCc1noc(C(=O)[C@H](CC2CCCCC2)NC(=O)[C@@H]2CC(NCc3ccc(Cl)cc3)CN2C(=O)[C@@H](CCC2CCNCC2)NS(C)(=O)=O)n1. The number of amides is 2. The van der Waals surface area contributed by atoms with Crippen LogP contribution < -0.4 is 20.7 Å². The molecule has 1 saturated carbocycles. The molecular formula is C35H52ClN7O6S. The summed E-state index contributed by atoms with van der Waals surface area (Å²) in [4.78, 5) is 48.1. The van der Waals surface area contributed by atoms with Gasteiger partial charge >= 0.3 is 0 Å². The van der Waals surface area contributed by atoms with E-state index in [0.717, 1.165) is 69.9 Å². The molecule has 2 aliphatic heterocycles. The van der Waals surface area contributed by atoms with E-state index in [1.54, 1.807) is 12.1 Å². The predicted octanol–water partition coefficient (Wildman–Crippen LogP) is 3.38. The van der Waals surface area contributed by atoms with Crippen molar-refractivity contribution in [2.75, 3.05) is 25.9 Å². The average Bonchev–Trinajstić information content (AvgIpc) is 3.77. The van der Waals surface area contributed by atoms with Gasteiger partial charge in [-0.05, 0) is 81.1 Å². The summed E-state index contributed by atoms with van der Waals surface area (Å²) in [6, 6.07) is 4.32. The van der Waals surface area contributed by atoms with E-state index in [9.17, 15) is 22.8 Å². The largest absolute Gasteiger partial charge is 0.344 e. The zero-order chi connectivity index (χ0) is 35.7. The first-order valence-corrected chi connectivity index (χ1v) is 20.4. The van der Waals surface area contributed by atoms with E-state index in [0.29, 0.717) is 49.0 Å². The van der Waals surface area contributed by atoms with E-state index < -0.39 is 45.7 Å². The van der Waals surface area contributed by atoms with Crippen molar-refractivity contribution in [3.63, 3.8) is 0 Å². The van der Waals surface area contributed by atoms with Gasteiger partial charge in [0, 0.05) is 30.6 Å². The first-order valence-electron chi connectivity index (χ1n) is 18.1. The maximum atomic E-state index is 14.3. The monoisotopic (exact) mass is 733 g/mol. The van der Waals surface area contributed by atoms with E-state index in [4.69, 9.17) is 16.1 Å². The predicted molar refractivity (Wildman–Crippen MR) is 190 cm³/mol. The summed E-state index contributed by atoms with van der Waals surface area (Å²) < 4.78 is 32.8. The van der Waals surface area contributed by atoms with Gasteiger partial charge < -0.3 is 25.4 Å². The molecule has 1 aromatic carbocycles. The summed E-state index contributed by atoms with van der Waals surface area (Å²) in [5.74, 6) is -0.450. The van der Waals surface area contributed by atoms with E-state index in [1.807, 2.05) is 19.1 Å². The highest BCUT2D eigenvalue weighted by Crippen LogP contribution is 2.29. The molecule has 2 saturated heterocycles. The number of nitrogens with zero attached hydrogens (tertiary/aromatic N) is 3. The fourth-order valence-electron chi connectivity index (χ4n) is 7.51. The lowest BCUT2D eigenvalue weighted by molar-refractivity contribution is -0.140. The maximum absolute atomic E-state index is 14.3. The molecule has 50 heavy (non-hydrogen) atoms. The van der Waals surface area contributed by atoms with Crippen LogP contribution in [-0.4, -0.2) is 91.1 Å². The molecule has 13 nitrogen and oxygen atoms in total. The fourth-order valence-corrected chi connectivity index (χ4v) is 8.37. The lowest BCUT2D eigenvalue weighted by atomic mass is 9.84. The van der Waals surface area contributed by atoms with Gasteiger partial charge in [0.25, 0.3) is 5.89 Å². The van der Waals surface area contributed by atoms with E-state index in [-0.39, 0.29) is 30.8 Å². The van der Waals surface area contributed by atoms with Crippen molar-refractivity contribution in [2.45, 2.75) is 115 Å². The molecule has 0 radical (unpaired) electrons. The van der Waals surface area contributed by atoms with Gasteiger partial charge in [0.05, 0.1) is 12.3 Å². The zero-order valence-corrected chi connectivity index (χ0v) is 30.7. The molecular weight excluding hydrogens is 682 g/mol. The van der Waals surface area contributed by atoms with Crippen LogP contribution in [0, 0.1) is 11.8 Å². The summed E-state index contributed by atoms with van der Waals surface area (Å²) in [5, 5.41) is 14.3. The number of hydrogen-bond donors (Lipinski definition) is 4. The van der Waals surface area contributed by atoms with E-state index >= 15 is 0 Å². The molecule has 1 unspecified atom stereocenters. The highest BCUT2D eigenvalue weighted by Gasteiger charge is 2.43. The van der Waals surface area contributed by atoms with Crippen molar-refractivity contribution in [2.24, 2.45) is 11.8 Å². The number of aryl methyl sites for hydroxylation is 1. The highest BCUT2D eigenvalue weighted by atomic mass is 35.5. The van der Waals surface area contributed by atoms with Crippen LogP contribution >= 0.6 is 11.6 Å². The molecule has 1 aliphatic carbocycles. The van der Waals surface area contributed by atoms with Crippen LogP contribution in [0.25, 0.3) is 0 Å². The van der Waals surface area contributed by atoms with Gasteiger partial charge in [-0.1, -0.05) is 67.9 Å². The molecule has 15 heteroatoms. The Labute approximate surface area is 300 Å². The lowest BCUT2D eigenvalue weighted by Gasteiger charge is -2.31. The van der Waals surface area contributed by atoms with Gasteiger partial charge in [-0.2, -0.15) is 4.98 Å². The number of carbonyl (C=O) groups excluding carboxylic acids is 3. The number of benzene rings is 1. The number of hydrogen-bond acceptors (Lipinski definition) is 10. The normalized spacial score (nSPS) is 21.9. The Morgan fingerprint density at radius 2 is 1.76 bits per heavy atom.